The Labute approximate surface area is 235 Å². The molecule has 0 fully saturated rings. The molecular formula is C29H29F4NO6S. The lowest BCUT2D eigenvalue weighted by Crippen LogP contribution is -2.77. The molecule has 0 aliphatic carbocycles. The molecule has 3 aromatic rings. The molecule has 4 rings (SSSR count). The van der Waals surface area contributed by atoms with Gasteiger partial charge in [0.15, 0.2) is 9.84 Å². The fourth-order valence-electron chi connectivity index (χ4n) is 4.52. The second-order valence-corrected chi connectivity index (χ2v) is 11.6. The van der Waals surface area contributed by atoms with Crippen molar-refractivity contribution in [3.8, 4) is 5.75 Å². The zero-order valence-corrected chi connectivity index (χ0v) is 23.1. The van der Waals surface area contributed by atoms with E-state index in [4.69, 9.17) is 14.6 Å². The Morgan fingerprint density at radius 3 is 2.32 bits per heavy atom. The van der Waals surface area contributed by atoms with Crippen LogP contribution in [0.3, 0.4) is 0 Å². The number of aliphatic carboxylic acids is 1. The number of halogens is 4. The number of sulfone groups is 1. The van der Waals surface area contributed by atoms with Gasteiger partial charge in [-0.15, -0.1) is 0 Å². The molecule has 1 aliphatic heterocycles. The molecule has 3 aromatic carbocycles. The minimum absolute atomic E-state index is 0.0698. The van der Waals surface area contributed by atoms with Crippen molar-refractivity contribution in [2.45, 2.75) is 55.6 Å². The number of carboxylic acids is 1. The van der Waals surface area contributed by atoms with Gasteiger partial charge in [-0.25, -0.2) is 12.8 Å². The third kappa shape index (κ3) is 8.61. The largest absolute Gasteiger partial charge is 0.542 e. The summed E-state index contributed by atoms with van der Waals surface area (Å²) in [5, 5.41) is 11.0. The van der Waals surface area contributed by atoms with Gasteiger partial charge in [0.2, 0.25) is 0 Å². The monoisotopic (exact) mass is 595 g/mol. The zero-order chi connectivity index (χ0) is 30.4. The molecule has 0 amide bonds. The van der Waals surface area contributed by atoms with Crippen LogP contribution in [0, 0.1) is 5.82 Å². The van der Waals surface area contributed by atoms with Crippen LogP contribution >= 0.6 is 0 Å². The van der Waals surface area contributed by atoms with Gasteiger partial charge < -0.3 is 20.0 Å². The molecule has 0 aromatic heterocycles. The summed E-state index contributed by atoms with van der Waals surface area (Å²) in [5.74, 6) is -3.40. The van der Waals surface area contributed by atoms with Crippen molar-refractivity contribution in [2.24, 2.45) is 0 Å². The van der Waals surface area contributed by atoms with Crippen molar-refractivity contribution in [2.75, 3.05) is 7.11 Å². The lowest BCUT2D eigenvalue weighted by Gasteiger charge is -2.14. The Bertz CT molecular complexity index is 1520. The highest BCUT2D eigenvalue weighted by Crippen LogP contribution is 2.28. The number of ether oxygens (including phenoxy) is 1. The zero-order valence-electron chi connectivity index (χ0n) is 22.3. The highest BCUT2D eigenvalue weighted by atomic mass is 32.2. The maximum Gasteiger partial charge on any atom is 0.430 e. The number of methoxy groups -OCH3 is 1. The molecule has 1 unspecified atom stereocenters. The second kappa shape index (κ2) is 13.3. The lowest BCUT2D eigenvalue weighted by atomic mass is 9.93. The van der Waals surface area contributed by atoms with Crippen molar-refractivity contribution in [1.82, 2.24) is 0 Å². The summed E-state index contributed by atoms with van der Waals surface area (Å²) in [6.07, 6.45) is -4.93. The fraction of sp³-hybridized carbons (Fsp3) is 0.310. The molecule has 0 radical (unpaired) electrons. The van der Waals surface area contributed by atoms with Crippen LogP contribution in [0.15, 0.2) is 65.6 Å². The smallest absolute Gasteiger partial charge is 0.430 e. The van der Waals surface area contributed by atoms with Gasteiger partial charge in [0.25, 0.3) is 0 Å². The number of carbonyl (C=O) groups is 2. The van der Waals surface area contributed by atoms with Crippen LogP contribution in [0.1, 0.15) is 47.1 Å². The number of ketones is 1. The van der Waals surface area contributed by atoms with Gasteiger partial charge in [-0.1, -0.05) is 43.3 Å². The molecule has 0 spiro atoms. The Morgan fingerprint density at radius 2 is 1.68 bits per heavy atom. The summed E-state index contributed by atoms with van der Waals surface area (Å²) in [4.78, 5) is 21.6. The third-order valence-corrected chi connectivity index (χ3v) is 8.25. The molecule has 1 heterocycles. The van der Waals surface area contributed by atoms with E-state index in [0.29, 0.717) is 16.9 Å². The molecule has 1 aliphatic rings. The van der Waals surface area contributed by atoms with Crippen molar-refractivity contribution >= 4 is 21.6 Å². The highest BCUT2D eigenvalue weighted by Gasteiger charge is 2.29. The van der Waals surface area contributed by atoms with Gasteiger partial charge in [-0.2, -0.15) is 13.2 Å². The van der Waals surface area contributed by atoms with Crippen molar-refractivity contribution < 1.29 is 50.7 Å². The quantitative estimate of drug-likeness (QED) is 0.380. The normalized spacial score (nSPS) is 13.5. The molecular weight excluding hydrogens is 566 g/mol. The number of fused-ring (bicyclic) bond motifs is 1. The van der Waals surface area contributed by atoms with Crippen LogP contribution in [0.2, 0.25) is 0 Å². The first-order valence-electron chi connectivity index (χ1n) is 12.6. The van der Waals surface area contributed by atoms with E-state index in [2.05, 4.69) is 5.32 Å². The SMILES string of the molecule is COc1cc(S(=O)(=O)Cc2ccc3c(c2)C[NH2+]C3)ccc1CC(=O)CC(C)c1ccccc1F.O=C([O-])C(F)(F)F. The summed E-state index contributed by atoms with van der Waals surface area (Å²) >= 11 is 0. The first kappa shape index (κ1) is 31.8. The number of carboxylic acid groups (broad SMARTS) is 1. The number of benzene rings is 3. The van der Waals surface area contributed by atoms with E-state index in [0.717, 1.165) is 18.7 Å². The van der Waals surface area contributed by atoms with Crippen molar-refractivity contribution in [3.05, 3.63) is 94.3 Å². The van der Waals surface area contributed by atoms with Crippen molar-refractivity contribution in [3.63, 3.8) is 0 Å². The van der Waals surface area contributed by atoms with Gasteiger partial charge in [-0.05, 0) is 41.3 Å². The number of nitrogens with two attached hydrogens (primary N) is 1. The predicted molar refractivity (Wildman–Crippen MR) is 139 cm³/mol. The van der Waals surface area contributed by atoms with E-state index in [1.165, 1.54) is 36.4 Å². The highest BCUT2D eigenvalue weighted by molar-refractivity contribution is 7.90. The second-order valence-electron chi connectivity index (χ2n) is 9.66. The standard InChI is InChI=1S/C27H28FNO4S.C2HF3O2/c1-18(25-5-3-4-6-26(25)28)11-23(30)13-20-9-10-24(14-27(20)33-2)34(31,32)17-19-7-8-21-15-29-16-22(21)12-19;3-2(4,5)1(6)7/h3-10,12,14,18,29H,11,13,15-17H2,1-2H3;(H,6,7). The number of quaternary nitrogens is 1. The molecule has 1 atom stereocenters. The first-order valence-corrected chi connectivity index (χ1v) is 14.2. The van der Waals surface area contributed by atoms with E-state index in [1.807, 2.05) is 25.1 Å². The maximum atomic E-state index is 14.0. The van der Waals surface area contributed by atoms with E-state index in [9.17, 15) is 30.8 Å². The summed E-state index contributed by atoms with van der Waals surface area (Å²) in [7, 11) is -2.13. The van der Waals surface area contributed by atoms with E-state index < -0.39 is 22.0 Å². The van der Waals surface area contributed by atoms with E-state index in [1.54, 1.807) is 24.3 Å². The van der Waals surface area contributed by atoms with Gasteiger partial charge in [0.05, 0.1) is 17.8 Å². The number of hydrogen-bond donors (Lipinski definition) is 1. The van der Waals surface area contributed by atoms with Gasteiger partial charge >= 0.3 is 6.18 Å². The molecule has 2 N–H and O–H groups in total. The molecule has 41 heavy (non-hydrogen) atoms. The summed E-state index contributed by atoms with van der Waals surface area (Å²) in [6, 6.07) is 16.9. The average Bonchev–Trinajstić information content (AvgIpc) is 3.36. The van der Waals surface area contributed by atoms with Crippen LogP contribution in [0.5, 0.6) is 5.75 Å². The van der Waals surface area contributed by atoms with Crippen LogP contribution in [0.4, 0.5) is 17.6 Å². The number of Topliss-reactive ketones (excluding diaryl/α,β-unsaturated/α-hetero) is 1. The van der Waals surface area contributed by atoms with Crippen LogP contribution < -0.4 is 15.2 Å². The summed E-state index contributed by atoms with van der Waals surface area (Å²) < 4.78 is 77.1. The Balaban J connectivity index is 0.000000587. The minimum atomic E-state index is -5.19. The Hall–Kier alpha value is -3.77. The van der Waals surface area contributed by atoms with Gasteiger partial charge in [0.1, 0.15) is 36.4 Å². The first-order chi connectivity index (χ1) is 19.2. The molecule has 0 bridgehead atoms. The Kier molecular flexibility index (Phi) is 10.3. The minimum Gasteiger partial charge on any atom is -0.542 e. The molecule has 12 heteroatoms. The number of hydrogen-bond acceptors (Lipinski definition) is 6. The molecule has 220 valence electrons. The third-order valence-electron chi connectivity index (χ3n) is 6.56. The number of carbonyl (C=O) groups excluding carboxylic acids is 2. The van der Waals surface area contributed by atoms with Crippen LogP contribution in [-0.2, 0) is 44.7 Å². The maximum absolute atomic E-state index is 14.0. The average molecular weight is 596 g/mol. The van der Waals surface area contributed by atoms with Crippen LogP contribution in [-0.4, -0.2) is 33.5 Å². The summed E-state index contributed by atoms with van der Waals surface area (Å²) in [6.45, 7) is 3.62. The fourth-order valence-corrected chi connectivity index (χ4v) is 5.87. The van der Waals surface area contributed by atoms with Gasteiger partial charge in [0, 0.05) is 29.5 Å². The molecule has 7 nitrogen and oxygen atoms in total. The van der Waals surface area contributed by atoms with E-state index >= 15 is 0 Å². The number of alkyl halides is 3. The topological polar surface area (TPSA) is 117 Å². The Morgan fingerprint density at radius 1 is 1.02 bits per heavy atom. The van der Waals surface area contributed by atoms with Crippen LogP contribution in [0.25, 0.3) is 0 Å². The van der Waals surface area contributed by atoms with E-state index in [-0.39, 0.29) is 41.0 Å². The molecule has 0 saturated heterocycles. The number of rotatable bonds is 9. The van der Waals surface area contributed by atoms with Crippen molar-refractivity contribution in [1.29, 1.82) is 0 Å². The lowest BCUT2D eigenvalue weighted by molar-refractivity contribution is -0.676. The van der Waals surface area contributed by atoms with Gasteiger partial charge in [-0.3, -0.25) is 4.79 Å². The molecule has 0 saturated carbocycles. The predicted octanol–water partition coefficient (Wildman–Crippen LogP) is 2.99. The summed E-state index contributed by atoms with van der Waals surface area (Å²) in [5.41, 5.74) is 4.31.